The van der Waals surface area contributed by atoms with E-state index in [1.54, 1.807) is 0 Å². The van der Waals surface area contributed by atoms with Crippen molar-refractivity contribution in [3.05, 3.63) is 0 Å². The minimum atomic E-state index is -0.450. The van der Waals surface area contributed by atoms with Gasteiger partial charge in [-0.05, 0) is 58.4 Å². The quantitative estimate of drug-likeness (QED) is 0.840. The third-order valence-electron chi connectivity index (χ3n) is 5.41. The van der Waals surface area contributed by atoms with Crippen molar-refractivity contribution in [2.75, 3.05) is 13.1 Å². The van der Waals surface area contributed by atoms with Crippen LogP contribution in [0.2, 0.25) is 0 Å². The van der Waals surface area contributed by atoms with Gasteiger partial charge >= 0.3 is 6.09 Å². The highest BCUT2D eigenvalue weighted by Gasteiger charge is 2.49. The van der Waals surface area contributed by atoms with Crippen molar-refractivity contribution in [3.63, 3.8) is 0 Å². The molecule has 0 aromatic carbocycles. The number of carbonyl (C=O) groups excluding carboxylic acids is 1. The van der Waals surface area contributed by atoms with E-state index < -0.39 is 5.60 Å². The van der Waals surface area contributed by atoms with E-state index in [0.717, 1.165) is 32.2 Å². The van der Waals surface area contributed by atoms with Crippen molar-refractivity contribution >= 4 is 6.09 Å². The van der Waals surface area contributed by atoms with Crippen LogP contribution >= 0.6 is 0 Å². The zero-order valence-corrected chi connectivity index (χ0v) is 15.1. The molecule has 1 unspecified atom stereocenters. The molecular weight excluding hydrogens is 276 g/mol. The molecule has 1 atom stereocenters. The fourth-order valence-electron chi connectivity index (χ4n) is 4.24. The summed E-state index contributed by atoms with van der Waals surface area (Å²) in [5, 5.41) is 0. The van der Waals surface area contributed by atoms with E-state index in [-0.39, 0.29) is 23.0 Å². The number of nitrogens with zero attached hydrogens (tertiary/aromatic N) is 1. The van der Waals surface area contributed by atoms with E-state index in [1.807, 2.05) is 25.7 Å². The molecule has 2 aliphatic rings. The zero-order valence-electron chi connectivity index (χ0n) is 15.1. The van der Waals surface area contributed by atoms with Gasteiger partial charge < -0.3 is 15.4 Å². The Balaban J connectivity index is 2.24. The molecule has 0 spiro atoms. The first-order valence-corrected chi connectivity index (χ1v) is 8.78. The Hall–Kier alpha value is -0.770. The van der Waals surface area contributed by atoms with Crippen LogP contribution < -0.4 is 5.73 Å². The number of ether oxygens (including phenoxy) is 1. The average Bonchev–Trinajstić information content (AvgIpc) is 2.85. The van der Waals surface area contributed by atoms with Gasteiger partial charge in [0.2, 0.25) is 0 Å². The summed E-state index contributed by atoms with van der Waals surface area (Å²) in [5.74, 6) is 0. The summed E-state index contributed by atoms with van der Waals surface area (Å²) in [6.45, 7) is 11.7. The monoisotopic (exact) mass is 310 g/mol. The van der Waals surface area contributed by atoms with Crippen LogP contribution in [0, 0.1) is 10.8 Å². The lowest BCUT2D eigenvalue weighted by Gasteiger charge is -2.50. The Morgan fingerprint density at radius 3 is 2.32 bits per heavy atom. The highest BCUT2D eigenvalue weighted by Crippen LogP contribution is 2.47. The van der Waals surface area contributed by atoms with Gasteiger partial charge in [0.05, 0.1) is 0 Å². The van der Waals surface area contributed by atoms with Crippen LogP contribution in [-0.2, 0) is 4.74 Å². The second-order valence-electron chi connectivity index (χ2n) is 9.10. The molecule has 1 heterocycles. The lowest BCUT2D eigenvalue weighted by molar-refractivity contribution is -0.0362. The van der Waals surface area contributed by atoms with Crippen LogP contribution in [0.25, 0.3) is 0 Å². The SMILES string of the molecule is CC1(C)CCC(C2(CN)CCCC2)N(C(=O)OC(C)(C)C)C1. The van der Waals surface area contributed by atoms with Crippen molar-refractivity contribution in [1.29, 1.82) is 0 Å². The number of rotatable bonds is 2. The smallest absolute Gasteiger partial charge is 0.410 e. The number of amides is 1. The van der Waals surface area contributed by atoms with Gasteiger partial charge in [0, 0.05) is 18.0 Å². The third-order valence-corrected chi connectivity index (χ3v) is 5.41. The predicted octanol–water partition coefficient (Wildman–Crippen LogP) is 3.93. The highest BCUT2D eigenvalue weighted by molar-refractivity contribution is 5.69. The summed E-state index contributed by atoms with van der Waals surface area (Å²) in [5.41, 5.74) is 5.99. The molecular formula is C18H34N2O2. The fraction of sp³-hybridized carbons (Fsp3) is 0.944. The minimum absolute atomic E-state index is 0.105. The summed E-state index contributed by atoms with van der Waals surface area (Å²) in [7, 11) is 0. The second kappa shape index (κ2) is 6.03. The number of piperidine rings is 1. The molecule has 1 amide bonds. The lowest BCUT2D eigenvalue weighted by Crippen LogP contribution is -2.58. The molecule has 0 aromatic heterocycles. The number of likely N-dealkylation sites (tertiary alicyclic amines) is 1. The van der Waals surface area contributed by atoms with Crippen LogP contribution in [0.1, 0.15) is 73.1 Å². The maximum Gasteiger partial charge on any atom is 0.410 e. The molecule has 128 valence electrons. The van der Waals surface area contributed by atoms with E-state index in [2.05, 4.69) is 13.8 Å². The zero-order chi connectivity index (χ0) is 16.6. The van der Waals surface area contributed by atoms with Gasteiger partial charge in [-0.3, -0.25) is 0 Å². The van der Waals surface area contributed by atoms with Gasteiger partial charge in [0.15, 0.2) is 0 Å². The molecule has 2 N–H and O–H groups in total. The number of hydrogen-bond donors (Lipinski definition) is 1. The Kier molecular flexibility index (Phi) is 4.82. The summed E-state index contributed by atoms with van der Waals surface area (Å²) >= 11 is 0. The lowest BCUT2D eigenvalue weighted by atomic mass is 9.70. The minimum Gasteiger partial charge on any atom is -0.444 e. The van der Waals surface area contributed by atoms with Gasteiger partial charge in [-0.2, -0.15) is 0 Å². The topological polar surface area (TPSA) is 55.6 Å². The van der Waals surface area contributed by atoms with Crippen LogP contribution in [0.4, 0.5) is 4.79 Å². The molecule has 4 heteroatoms. The Bertz CT molecular complexity index is 406. The summed E-state index contributed by atoms with van der Waals surface area (Å²) in [4.78, 5) is 14.8. The first-order valence-electron chi connectivity index (χ1n) is 8.78. The maximum atomic E-state index is 12.8. The standard InChI is InChI=1S/C18H34N2O2/c1-16(2,3)22-15(21)20-13-17(4,5)11-8-14(20)18(12-19)9-6-7-10-18/h14H,6-13,19H2,1-5H3. The number of nitrogens with two attached hydrogens (primary N) is 1. The van der Waals surface area contributed by atoms with E-state index >= 15 is 0 Å². The maximum absolute atomic E-state index is 12.8. The molecule has 0 aromatic rings. The summed E-state index contributed by atoms with van der Waals surface area (Å²) < 4.78 is 5.70. The van der Waals surface area contributed by atoms with Gasteiger partial charge in [-0.25, -0.2) is 4.79 Å². The van der Waals surface area contributed by atoms with Crippen LogP contribution in [0.5, 0.6) is 0 Å². The van der Waals surface area contributed by atoms with Crippen molar-refractivity contribution in [3.8, 4) is 0 Å². The van der Waals surface area contributed by atoms with Crippen molar-refractivity contribution < 1.29 is 9.53 Å². The molecule has 1 saturated heterocycles. The summed E-state index contributed by atoms with van der Waals surface area (Å²) in [6.07, 6.45) is 6.80. The number of hydrogen-bond acceptors (Lipinski definition) is 3. The molecule has 1 aliphatic heterocycles. The largest absolute Gasteiger partial charge is 0.444 e. The Morgan fingerprint density at radius 2 is 1.82 bits per heavy atom. The second-order valence-corrected chi connectivity index (χ2v) is 9.10. The van der Waals surface area contributed by atoms with E-state index in [0.29, 0.717) is 6.54 Å². The Labute approximate surface area is 135 Å². The highest BCUT2D eigenvalue weighted by atomic mass is 16.6. The molecule has 0 bridgehead atoms. The van der Waals surface area contributed by atoms with Crippen LogP contribution in [0.3, 0.4) is 0 Å². The first-order chi connectivity index (χ1) is 10.1. The van der Waals surface area contributed by atoms with Gasteiger partial charge in [-0.15, -0.1) is 0 Å². The molecule has 4 nitrogen and oxygen atoms in total. The Morgan fingerprint density at radius 1 is 1.23 bits per heavy atom. The molecule has 22 heavy (non-hydrogen) atoms. The normalized spacial score (nSPS) is 27.7. The van der Waals surface area contributed by atoms with Crippen LogP contribution in [-0.4, -0.2) is 35.7 Å². The summed E-state index contributed by atoms with van der Waals surface area (Å²) in [6, 6.07) is 0.239. The van der Waals surface area contributed by atoms with Gasteiger partial charge in [0.25, 0.3) is 0 Å². The molecule has 2 fully saturated rings. The molecule has 2 rings (SSSR count). The molecule has 1 aliphatic carbocycles. The van der Waals surface area contributed by atoms with Crippen molar-refractivity contribution in [2.24, 2.45) is 16.6 Å². The van der Waals surface area contributed by atoms with E-state index in [9.17, 15) is 4.79 Å². The van der Waals surface area contributed by atoms with Gasteiger partial charge in [0.1, 0.15) is 5.60 Å². The van der Waals surface area contributed by atoms with Crippen molar-refractivity contribution in [2.45, 2.75) is 84.8 Å². The van der Waals surface area contributed by atoms with E-state index in [1.165, 1.54) is 12.8 Å². The van der Waals surface area contributed by atoms with Gasteiger partial charge in [-0.1, -0.05) is 26.7 Å². The third kappa shape index (κ3) is 3.76. The fourth-order valence-corrected chi connectivity index (χ4v) is 4.24. The average molecular weight is 310 g/mol. The van der Waals surface area contributed by atoms with E-state index in [4.69, 9.17) is 10.5 Å². The molecule has 1 saturated carbocycles. The predicted molar refractivity (Wildman–Crippen MR) is 89.7 cm³/mol. The molecule has 0 radical (unpaired) electrons. The number of carbonyl (C=O) groups is 1. The van der Waals surface area contributed by atoms with Crippen LogP contribution in [0.15, 0.2) is 0 Å². The van der Waals surface area contributed by atoms with Crippen molar-refractivity contribution in [1.82, 2.24) is 4.90 Å². The first kappa shape index (κ1) is 17.6.